The Kier molecular flexibility index (Phi) is 12.2. The van der Waals surface area contributed by atoms with Crippen molar-refractivity contribution >= 4 is 42.6 Å². The predicted molar refractivity (Wildman–Crippen MR) is 161 cm³/mol. The van der Waals surface area contributed by atoms with Gasteiger partial charge in [0.25, 0.3) is 8.32 Å². The minimum absolute atomic E-state index is 0.116. The van der Waals surface area contributed by atoms with Crippen LogP contribution >= 0.6 is 0 Å². The first-order valence-corrected chi connectivity index (χ1v) is 16.5. The van der Waals surface area contributed by atoms with Crippen molar-refractivity contribution < 1.29 is 52.4 Å². The minimum Gasteiger partial charge on any atom is -0.463 e. The standard InChI is InChI=1S/C32H42O11Si/c1-21(33)39-20-27-28(40-22(2)34)29(41-23(3)35)30(42-24(4)36)31(43-27)38-19-13-18-32(5,6)44(37,25-14-9-7-10-15-25)26-16-11-8-12-17-26/h7-12,14-17,27-31,37H,13,18-20H2,1-6H3/t27?,28-,29?,30?,31-/m1/s1. The fourth-order valence-corrected chi connectivity index (χ4v) is 9.31. The van der Waals surface area contributed by atoms with Crippen molar-refractivity contribution in [1.29, 1.82) is 0 Å². The maximum absolute atomic E-state index is 12.4. The lowest BCUT2D eigenvalue weighted by atomic mass is 9.98. The maximum atomic E-state index is 12.4. The van der Waals surface area contributed by atoms with Crippen molar-refractivity contribution in [3.8, 4) is 0 Å². The van der Waals surface area contributed by atoms with E-state index in [4.69, 9.17) is 28.4 Å². The Bertz CT molecular complexity index is 1230. The van der Waals surface area contributed by atoms with Gasteiger partial charge in [-0.1, -0.05) is 74.5 Å². The molecule has 3 rings (SSSR count). The van der Waals surface area contributed by atoms with Crippen molar-refractivity contribution in [2.24, 2.45) is 0 Å². The first-order chi connectivity index (χ1) is 20.8. The molecule has 44 heavy (non-hydrogen) atoms. The summed E-state index contributed by atoms with van der Waals surface area (Å²) in [5, 5.41) is 1.23. The third-order valence-electron chi connectivity index (χ3n) is 7.54. The van der Waals surface area contributed by atoms with Crippen LogP contribution in [0, 0.1) is 0 Å². The van der Waals surface area contributed by atoms with E-state index in [0.717, 1.165) is 24.2 Å². The van der Waals surface area contributed by atoms with Crippen LogP contribution in [-0.2, 0) is 47.6 Å². The summed E-state index contributed by atoms with van der Waals surface area (Å²) in [6.45, 7) is 8.56. The fraction of sp³-hybridized carbons (Fsp3) is 0.500. The molecule has 1 fully saturated rings. The van der Waals surface area contributed by atoms with Crippen LogP contribution in [0.3, 0.4) is 0 Å². The second-order valence-electron chi connectivity index (χ2n) is 11.4. The molecule has 3 unspecified atom stereocenters. The summed E-state index contributed by atoms with van der Waals surface area (Å²) < 4.78 is 33.6. The third kappa shape index (κ3) is 8.75. The van der Waals surface area contributed by atoms with Crippen molar-refractivity contribution in [2.75, 3.05) is 13.2 Å². The summed E-state index contributed by atoms with van der Waals surface area (Å²) in [5.74, 6) is -2.73. The second-order valence-corrected chi connectivity index (χ2v) is 15.3. The molecule has 0 bridgehead atoms. The molecule has 1 aliphatic heterocycles. The van der Waals surface area contributed by atoms with Gasteiger partial charge in [0.1, 0.15) is 12.7 Å². The zero-order chi connectivity index (χ0) is 32.5. The van der Waals surface area contributed by atoms with Gasteiger partial charge in [0.05, 0.1) is 0 Å². The predicted octanol–water partition coefficient (Wildman–Crippen LogP) is 2.40. The van der Waals surface area contributed by atoms with Gasteiger partial charge in [0, 0.05) is 34.3 Å². The molecule has 5 atom stereocenters. The normalized spacial score (nSPS) is 22.0. The molecule has 0 aromatic heterocycles. The lowest BCUT2D eigenvalue weighted by Gasteiger charge is -2.44. The number of carbonyl (C=O) groups is 4. The lowest BCUT2D eigenvalue weighted by molar-refractivity contribution is -0.308. The number of carbonyl (C=O) groups excluding carboxylic acids is 4. The van der Waals surface area contributed by atoms with Crippen molar-refractivity contribution in [2.45, 2.75) is 90.1 Å². The van der Waals surface area contributed by atoms with Crippen LogP contribution in [-0.4, -0.2) is 80.9 Å². The van der Waals surface area contributed by atoms with Gasteiger partial charge in [0.2, 0.25) is 0 Å². The van der Waals surface area contributed by atoms with Gasteiger partial charge < -0.3 is 33.2 Å². The van der Waals surface area contributed by atoms with E-state index in [1.807, 2.05) is 74.5 Å². The Balaban J connectivity index is 1.84. The molecular formula is C32H42O11Si. The number of rotatable bonds is 13. The number of benzene rings is 2. The van der Waals surface area contributed by atoms with Gasteiger partial charge in [-0.05, 0) is 28.3 Å². The summed E-state index contributed by atoms with van der Waals surface area (Å²) in [4.78, 5) is 60.1. The van der Waals surface area contributed by atoms with Crippen LogP contribution in [0.2, 0.25) is 5.04 Å². The van der Waals surface area contributed by atoms with Crippen LogP contribution < -0.4 is 10.4 Å². The molecule has 12 heteroatoms. The Hall–Kier alpha value is -3.58. The van der Waals surface area contributed by atoms with Crippen LogP contribution in [0.15, 0.2) is 60.7 Å². The van der Waals surface area contributed by atoms with Crippen molar-refractivity contribution in [3.05, 3.63) is 60.7 Å². The van der Waals surface area contributed by atoms with Gasteiger partial charge in [-0.15, -0.1) is 0 Å². The van der Waals surface area contributed by atoms with Gasteiger partial charge in [-0.2, -0.15) is 0 Å². The van der Waals surface area contributed by atoms with E-state index in [1.165, 1.54) is 13.8 Å². The maximum Gasteiger partial charge on any atom is 0.303 e. The fourth-order valence-electron chi connectivity index (χ4n) is 5.52. The summed E-state index contributed by atoms with van der Waals surface area (Å²) in [5.41, 5.74) is 0. The second kappa shape index (κ2) is 15.4. The van der Waals surface area contributed by atoms with E-state index in [1.54, 1.807) is 0 Å². The van der Waals surface area contributed by atoms with Crippen molar-refractivity contribution in [3.63, 3.8) is 0 Å². The van der Waals surface area contributed by atoms with E-state index >= 15 is 0 Å². The van der Waals surface area contributed by atoms with E-state index in [2.05, 4.69) is 0 Å². The molecule has 0 saturated carbocycles. The van der Waals surface area contributed by atoms with Gasteiger partial charge in [-0.25, -0.2) is 0 Å². The average Bonchev–Trinajstić information content (AvgIpc) is 2.96. The molecule has 1 heterocycles. The zero-order valence-corrected chi connectivity index (χ0v) is 27.0. The number of ether oxygens (including phenoxy) is 6. The molecule has 11 nitrogen and oxygen atoms in total. The van der Waals surface area contributed by atoms with Crippen LogP contribution in [0.1, 0.15) is 54.4 Å². The summed E-state index contributed by atoms with van der Waals surface area (Å²) >= 11 is 0. The molecule has 0 amide bonds. The molecule has 2 aromatic carbocycles. The Labute approximate surface area is 258 Å². The third-order valence-corrected chi connectivity index (χ3v) is 12.1. The van der Waals surface area contributed by atoms with Crippen LogP contribution in [0.5, 0.6) is 0 Å². The summed E-state index contributed by atoms with van der Waals surface area (Å²) in [7, 11) is -3.25. The van der Waals surface area contributed by atoms with E-state index in [9.17, 15) is 24.0 Å². The van der Waals surface area contributed by atoms with Crippen molar-refractivity contribution in [1.82, 2.24) is 0 Å². The van der Waals surface area contributed by atoms with Crippen LogP contribution in [0.25, 0.3) is 0 Å². The molecule has 1 N–H and O–H groups in total. The number of esters is 4. The Morgan fingerprint density at radius 1 is 0.750 bits per heavy atom. The Morgan fingerprint density at radius 2 is 1.23 bits per heavy atom. The summed E-state index contributed by atoms with van der Waals surface area (Å²) in [6.07, 6.45) is -5.14. The quantitative estimate of drug-likeness (QED) is 0.151. The lowest BCUT2D eigenvalue weighted by Crippen LogP contribution is -2.65. The Morgan fingerprint density at radius 3 is 1.70 bits per heavy atom. The minimum atomic E-state index is -3.25. The van der Waals surface area contributed by atoms with E-state index in [0.29, 0.717) is 12.8 Å². The molecular weight excluding hydrogens is 588 g/mol. The monoisotopic (exact) mass is 630 g/mol. The molecule has 2 aromatic rings. The van der Waals surface area contributed by atoms with Gasteiger partial charge in [0.15, 0.2) is 24.6 Å². The van der Waals surface area contributed by atoms with Gasteiger partial charge >= 0.3 is 23.9 Å². The SMILES string of the molecule is CC(=O)OCC1O[C@@H](OCCCC(C)(C)[Si](O)(c2ccccc2)c2ccccc2)C(OC(C)=O)C(OC(C)=O)[C@@H]1OC(C)=O. The highest BCUT2D eigenvalue weighted by atomic mass is 28.4. The molecule has 0 radical (unpaired) electrons. The highest BCUT2D eigenvalue weighted by molar-refractivity contribution is 6.98. The topological polar surface area (TPSA) is 144 Å². The van der Waals surface area contributed by atoms with E-state index in [-0.39, 0.29) is 13.2 Å². The summed E-state index contributed by atoms with van der Waals surface area (Å²) in [6, 6.07) is 19.3. The number of hydrogen-bond acceptors (Lipinski definition) is 11. The first-order valence-electron chi connectivity index (χ1n) is 14.5. The molecule has 1 saturated heterocycles. The van der Waals surface area contributed by atoms with E-state index < -0.39 is 67.9 Å². The largest absolute Gasteiger partial charge is 0.463 e. The van der Waals surface area contributed by atoms with Crippen LogP contribution in [0.4, 0.5) is 0 Å². The number of hydrogen-bond donors (Lipinski definition) is 1. The zero-order valence-electron chi connectivity index (χ0n) is 26.0. The van der Waals surface area contributed by atoms with Gasteiger partial charge in [-0.3, -0.25) is 19.2 Å². The molecule has 0 spiro atoms. The highest BCUT2D eigenvalue weighted by Gasteiger charge is 2.53. The first kappa shape index (κ1) is 34.9. The smallest absolute Gasteiger partial charge is 0.303 e. The molecule has 0 aliphatic carbocycles. The highest BCUT2D eigenvalue weighted by Crippen LogP contribution is 2.40. The molecule has 1 aliphatic rings. The molecule has 240 valence electrons. The average molecular weight is 631 g/mol.